The Labute approximate surface area is 238 Å². The number of nitrogens with two attached hydrogens (primary N) is 1. The number of Topliss-reactive ketones (excluding diaryl/α,β-unsaturated/α-hetero) is 1. The molecule has 0 aromatic heterocycles. The van der Waals surface area contributed by atoms with E-state index in [-0.39, 0.29) is 11.5 Å². The monoisotopic (exact) mass is 562 g/mol. The van der Waals surface area contributed by atoms with Crippen molar-refractivity contribution in [2.45, 2.75) is 45.6 Å². The van der Waals surface area contributed by atoms with E-state index in [0.717, 1.165) is 34.6 Å². The Bertz CT molecular complexity index is 1470. The smallest absolute Gasteiger partial charge is 0.416 e. The minimum Gasteiger partial charge on any atom is -0.457 e. The highest BCUT2D eigenvalue weighted by molar-refractivity contribution is 5.81. The van der Waals surface area contributed by atoms with E-state index in [1.165, 1.54) is 19.1 Å². The summed E-state index contributed by atoms with van der Waals surface area (Å²) in [6.07, 6.45) is -4.04. The number of carbonyl (C=O) groups excluding carboxylic acids is 1. The summed E-state index contributed by atoms with van der Waals surface area (Å²) in [4.78, 5) is 14.0. The third-order valence-electron chi connectivity index (χ3n) is 6.62. The fourth-order valence-electron chi connectivity index (χ4n) is 4.36. The number of alkyl halides is 3. The van der Waals surface area contributed by atoms with Gasteiger partial charge in [-0.1, -0.05) is 54.6 Å². The maximum atomic E-state index is 13.3. The topological polar surface area (TPSA) is 64.8 Å². The fraction of sp³-hybridized carbons (Fsp3) is 0.242. The molecule has 0 unspecified atom stereocenters. The van der Waals surface area contributed by atoms with Gasteiger partial charge in [0, 0.05) is 30.8 Å². The van der Waals surface area contributed by atoms with E-state index < -0.39 is 17.8 Å². The summed E-state index contributed by atoms with van der Waals surface area (Å²) in [6, 6.07) is 26.9. The maximum Gasteiger partial charge on any atom is 0.416 e. The molecular formula is C33H33F3N2O3. The average Bonchev–Trinajstić information content (AvgIpc) is 2.93. The average molecular weight is 563 g/mol. The highest BCUT2D eigenvalue weighted by Crippen LogP contribution is 2.34. The summed E-state index contributed by atoms with van der Waals surface area (Å²) in [5, 5.41) is 0. The van der Waals surface area contributed by atoms with Crippen LogP contribution < -0.4 is 15.2 Å². The lowest BCUT2D eigenvalue weighted by atomic mass is 10.1. The molecule has 214 valence electrons. The summed E-state index contributed by atoms with van der Waals surface area (Å²) in [5.74, 6) is 1.86. The van der Waals surface area contributed by atoms with Crippen molar-refractivity contribution in [3.63, 3.8) is 0 Å². The number of aryl methyl sites for hydroxylation is 1. The van der Waals surface area contributed by atoms with Crippen LogP contribution in [0.25, 0.3) is 0 Å². The van der Waals surface area contributed by atoms with Gasteiger partial charge in [-0.2, -0.15) is 13.2 Å². The van der Waals surface area contributed by atoms with E-state index in [1.807, 2.05) is 67.6 Å². The van der Waals surface area contributed by atoms with Crippen LogP contribution in [-0.4, -0.2) is 23.3 Å². The zero-order valence-corrected chi connectivity index (χ0v) is 23.0. The zero-order valence-electron chi connectivity index (χ0n) is 23.0. The molecule has 0 fully saturated rings. The SMILES string of the molecule is CC(=O)[C@@H](N)CCN(Cc1ccccc1Oc1cccc(C)c1)Cc1ccccc1Oc1cccc(C(F)(F)F)c1. The lowest BCUT2D eigenvalue weighted by Crippen LogP contribution is -2.34. The van der Waals surface area contributed by atoms with Gasteiger partial charge in [0.05, 0.1) is 11.6 Å². The third-order valence-corrected chi connectivity index (χ3v) is 6.62. The second-order valence-electron chi connectivity index (χ2n) is 9.98. The second-order valence-corrected chi connectivity index (χ2v) is 9.98. The van der Waals surface area contributed by atoms with Crippen molar-refractivity contribution in [2.75, 3.05) is 6.54 Å². The Hall–Kier alpha value is -4.14. The molecule has 0 heterocycles. The molecule has 0 saturated carbocycles. The highest BCUT2D eigenvalue weighted by Gasteiger charge is 2.30. The van der Waals surface area contributed by atoms with Gasteiger partial charge in [-0.3, -0.25) is 9.69 Å². The number of hydrogen-bond donors (Lipinski definition) is 1. The largest absolute Gasteiger partial charge is 0.457 e. The van der Waals surface area contributed by atoms with Crippen molar-refractivity contribution < 1.29 is 27.4 Å². The molecule has 0 aliphatic heterocycles. The summed E-state index contributed by atoms with van der Waals surface area (Å²) < 4.78 is 51.9. The first-order valence-electron chi connectivity index (χ1n) is 13.3. The van der Waals surface area contributed by atoms with E-state index in [2.05, 4.69) is 4.90 Å². The predicted molar refractivity (Wildman–Crippen MR) is 153 cm³/mol. The first-order chi connectivity index (χ1) is 19.6. The molecule has 0 saturated heterocycles. The number of nitrogens with zero attached hydrogens (tertiary/aromatic N) is 1. The summed E-state index contributed by atoms with van der Waals surface area (Å²) >= 11 is 0. The highest BCUT2D eigenvalue weighted by atomic mass is 19.4. The molecule has 4 aromatic carbocycles. The molecule has 4 aromatic rings. The molecule has 2 N–H and O–H groups in total. The van der Waals surface area contributed by atoms with Gasteiger partial charge in [-0.15, -0.1) is 0 Å². The van der Waals surface area contributed by atoms with Gasteiger partial charge in [-0.25, -0.2) is 0 Å². The van der Waals surface area contributed by atoms with Crippen LogP contribution in [0.4, 0.5) is 13.2 Å². The first-order valence-corrected chi connectivity index (χ1v) is 13.3. The molecule has 0 radical (unpaired) electrons. The predicted octanol–water partition coefficient (Wildman–Crippen LogP) is 7.91. The molecule has 0 aliphatic rings. The van der Waals surface area contributed by atoms with Crippen LogP contribution in [0.5, 0.6) is 23.0 Å². The number of hydrogen-bond acceptors (Lipinski definition) is 5. The van der Waals surface area contributed by atoms with Gasteiger partial charge >= 0.3 is 6.18 Å². The van der Waals surface area contributed by atoms with E-state index in [4.69, 9.17) is 15.2 Å². The summed E-state index contributed by atoms with van der Waals surface area (Å²) in [6.45, 7) is 4.84. The Morgan fingerprint density at radius 2 is 1.34 bits per heavy atom. The number of para-hydroxylation sites is 2. The van der Waals surface area contributed by atoms with Crippen LogP contribution in [0.2, 0.25) is 0 Å². The van der Waals surface area contributed by atoms with Crippen LogP contribution in [0, 0.1) is 6.92 Å². The first kappa shape index (κ1) is 29.8. The zero-order chi connectivity index (χ0) is 29.4. The van der Waals surface area contributed by atoms with Gasteiger partial charge in [0.25, 0.3) is 0 Å². The molecule has 8 heteroatoms. The molecular weight excluding hydrogens is 529 g/mol. The Morgan fingerprint density at radius 3 is 1.88 bits per heavy atom. The molecule has 1 atom stereocenters. The fourth-order valence-corrected chi connectivity index (χ4v) is 4.36. The molecule has 0 spiro atoms. The van der Waals surface area contributed by atoms with E-state index >= 15 is 0 Å². The summed E-state index contributed by atoms with van der Waals surface area (Å²) in [5.41, 5.74) is 8.07. The Kier molecular flexibility index (Phi) is 9.81. The van der Waals surface area contributed by atoms with Crippen molar-refractivity contribution in [1.82, 2.24) is 4.90 Å². The standard InChI is InChI=1S/C33H33F3N2O3/c1-23-9-7-13-28(19-23)40-31-15-5-3-10-25(31)21-38(18-17-30(37)24(2)39)22-26-11-4-6-16-32(26)41-29-14-8-12-27(20-29)33(34,35)36/h3-16,19-20,30H,17-18,21-22,37H2,1-2H3/t30-/m0/s1. The van der Waals surface area contributed by atoms with E-state index in [9.17, 15) is 18.0 Å². The molecule has 0 amide bonds. The maximum absolute atomic E-state index is 13.3. The third kappa shape index (κ3) is 8.67. The quantitative estimate of drug-likeness (QED) is 0.190. The van der Waals surface area contributed by atoms with Crippen molar-refractivity contribution in [2.24, 2.45) is 5.73 Å². The lowest BCUT2D eigenvalue weighted by Gasteiger charge is -2.26. The lowest BCUT2D eigenvalue weighted by molar-refractivity contribution is -0.137. The van der Waals surface area contributed by atoms with Gasteiger partial charge in [0.1, 0.15) is 28.8 Å². The molecule has 0 aliphatic carbocycles. The van der Waals surface area contributed by atoms with Gasteiger partial charge in [0.15, 0.2) is 0 Å². The molecule has 5 nitrogen and oxygen atoms in total. The number of halogens is 3. The number of ether oxygens (including phenoxy) is 2. The van der Waals surface area contributed by atoms with Gasteiger partial charge in [-0.05, 0) is 68.3 Å². The van der Waals surface area contributed by atoms with E-state index in [0.29, 0.717) is 37.6 Å². The molecule has 41 heavy (non-hydrogen) atoms. The molecule has 4 rings (SSSR count). The van der Waals surface area contributed by atoms with Crippen LogP contribution in [-0.2, 0) is 24.1 Å². The minimum atomic E-state index is -4.47. The van der Waals surface area contributed by atoms with Crippen molar-refractivity contribution in [3.05, 3.63) is 119 Å². The van der Waals surface area contributed by atoms with Gasteiger partial charge < -0.3 is 15.2 Å². The number of rotatable bonds is 12. The van der Waals surface area contributed by atoms with Crippen LogP contribution in [0.3, 0.4) is 0 Å². The van der Waals surface area contributed by atoms with E-state index in [1.54, 1.807) is 12.1 Å². The Balaban J connectivity index is 1.59. The Morgan fingerprint density at radius 1 is 0.805 bits per heavy atom. The number of benzene rings is 4. The number of ketones is 1. The van der Waals surface area contributed by atoms with Gasteiger partial charge in [0.2, 0.25) is 0 Å². The van der Waals surface area contributed by atoms with Crippen molar-refractivity contribution >= 4 is 5.78 Å². The molecule has 0 bridgehead atoms. The summed E-state index contributed by atoms with van der Waals surface area (Å²) in [7, 11) is 0. The minimum absolute atomic E-state index is 0.0920. The number of carbonyl (C=O) groups is 1. The van der Waals surface area contributed by atoms with Crippen molar-refractivity contribution in [3.8, 4) is 23.0 Å². The van der Waals surface area contributed by atoms with Crippen molar-refractivity contribution in [1.29, 1.82) is 0 Å². The van der Waals surface area contributed by atoms with Crippen LogP contribution in [0.15, 0.2) is 97.1 Å². The second kappa shape index (κ2) is 13.5. The van der Waals surface area contributed by atoms with Crippen LogP contribution >= 0.6 is 0 Å². The normalized spacial score (nSPS) is 12.3. The van der Waals surface area contributed by atoms with Crippen LogP contribution in [0.1, 0.15) is 35.6 Å².